The van der Waals surface area contributed by atoms with Crippen molar-refractivity contribution in [2.75, 3.05) is 13.2 Å². The second kappa shape index (κ2) is 7.92. The Balaban J connectivity index is 3.56. The molecular weight excluding hydrogens is 222 g/mol. The molecule has 100 valence electrons. The lowest BCUT2D eigenvalue weighted by Crippen LogP contribution is -2.33. The molecule has 1 amide bonds. The summed E-state index contributed by atoms with van der Waals surface area (Å²) in [6, 6.07) is 0. The fourth-order valence-corrected chi connectivity index (χ4v) is 0.983. The Labute approximate surface area is 103 Å². The molecular formula is C12H23NO4. The van der Waals surface area contributed by atoms with Gasteiger partial charge in [0.25, 0.3) is 0 Å². The van der Waals surface area contributed by atoms with Crippen molar-refractivity contribution in [3.05, 3.63) is 0 Å². The van der Waals surface area contributed by atoms with Crippen molar-refractivity contribution in [2.45, 2.75) is 52.6 Å². The molecule has 0 heterocycles. The summed E-state index contributed by atoms with van der Waals surface area (Å²) in [6.45, 7) is 8.06. The molecule has 0 radical (unpaired) electrons. The topological polar surface area (TPSA) is 64.6 Å². The summed E-state index contributed by atoms with van der Waals surface area (Å²) >= 11 is 0. The molecule has 0 aliphatic heterocycles. The monoisotopic (exact) mass is 245 g/mol. The molecule has 1 N–H and O–H groups in total. The highest BCUT2D eigenvalue weighted by Crippen LogP contribution is 2.06. The zero-order chi connectivity index (χ0) is 13.3. The summed E-state index contributed by atoms with van der Waals surface area (Å²) in [4.78, 5) is 22.4. The van der Waals surface area contributed by atoms with Crippen molar-refractivity contribution < 1.29 is 19.1 Å². The molecule has 0 saturated carbocycles. The quantitative estimate of drug-likeness (QED) is 0.575. The Hall–Kier alpha value is -1.26. The molecule has 5 heteroatoms. The molecule has 0 aromatic rings. The Kier molecular flexibility index (Phi) is 7.34. The van der Waals surface area contributed by atoms with Crippen LogP contribution in [0, 0.1) is 0 Å². The third kappa shape index (κ3) is 11.0. The molecule has 0 aromatic carbocycles. The van der Waals surface area contributed by atoms with Crippen molar-refractivity contribution in [3.63, 3.8) is 0 Å². The van der Waals surface area contributed by atoms with Crippen molar-refractivity contribution >= 4 is 12.1 Å². The lowest BCUT2D eigenvalue weighted by molar-refractivity contribution is -0.143. The number of carbonyl (C=O) groups is 2. The largest absolute Gasteiger partial charge is 0.466 e. The molecule has 5 nitrogen and oxygen atoms in total. The third-order valence-corrected chi connectivity index (χ3v) is 1.76. The van der Waals surface area contributed by atoms with E-state index in [1.807, 2.05) is 6.92 Å². The van der Waals surface area contributed by atoms with Gasteiger partial charge in [-0.15, -0.1) is 0 Å². The van der Waals surface area contributed by atoms with Crippen LogP contribution in [-0.4, -0.2) is 30.8 Å². The first kappa shape index (κ1) is 15.7. The van der Waals surface area contributed by atoms with E-state index < -0.39 is 11.7 Å². The van der Waals surface area contributed by atoms with E-state index in [1.54, 1.807) is 20.8 Å². The number of amides is 1. The SMILES string of the molecule is CCCCOC(=O)CCNC(=O)OC(C)(C)C. The number of ether oxygens (including phenoxy) is 2. The van der Waals surface area contributed by atoms with Gasteiger partial charge >= 0.3 is 12.1 Å². The lowest BCUT2D eigenvalue weighted by atomic mass is 10.2. The van der Waals surface area contributed by atoms with Crippen LogP contribution < -0.4 is 5.32 Å². The first-order chi connectivity index (χ1) is 7.85. The Morgan fingerprint density at radius 3 is 2.41 bits per heavy atom. The van der Waals surface area contributed by atoms with Crippen LogP contribution in [0.25, 0.3) is 0 Å². The van der Waals surface area contributed by atoms with E-state index in [0.29, 0.717) is 6.61 Å². The molecule has 0 bridgehead atoms. The van der Waals surface area contributed by atoms with E-state index in [-0.39, 0.29) is 18.9 Å². The van der Waals surface area contributed by atoms with Gasteiger partial charge in [0, 0.05) is 6.54 Å². The van der Waals surface area contributed by atoms with Crippen LogP contribution in [0.1, 0.15) is 47.0 Å². The summed E-state index contributed by atoms with van der Waals surface area (Å²) in [5.74, 6) is -0.297. The van der Waals surface area contributed by atoms with Gasteiger partial charge in [-0.3, -0.25) is 4.79 Å². The van der Waals surface area contributed by atoms with Crippen molar-refractivity contribution in [1.29, 1.82) is 0 Å². The number of nitrogens with one attached hydrogen (secondary N) is 1. The van der Waals surface area contributed by atoms with Crippen LogP contribution in [0.2, 0.25) is 0 Å². The molecule has 0 unspecified atom stereocenters. The molecule has 0 saturated heterocycles. The highest BCUT2D eigenvalue weighted by Gasteiger charge is 2.15. The number of carbonyl (C=O) groups excluding carboxylic acids is 2. The highest BCUT2D eigenvalue weighted by molar-refractivity contribution is 5.71. The van der Waals surface area contributed by atoms with E-state index in [4.69, 9.17) is 9.47 Å². The van der Waals surface area contributed by atoms with Gasteiger partial charge in [-0.1, -0.05) is 13.3 Å². The number of alkyl carbamates (subject to hydrolysis) is 1. The molecule has 0 aromatic heterocycles. The third-order valence-electron chi connectivity index (χ3n) is 1.76. The first-order valence-corrected chi connectivity index (χ1v) is 5.97. The molecule has 0 fully saturated rings. The standard InChI is InChI=1S/C12H23NO4/c1-5-6-9-16-10(14)7-8-13-11(15)17-12(2,3)4/h5-9H2,1-4H3,(H,13,15). The minimum atomic E-state index is -0.522. The molecule has 0 rings (SSSR count). The van der Waals surface area contributed by atoms with Crippen LogP contribution >= 0.6 is 0 Å². The first-order valence-electron chi connectivity index (χ1n) is 5.97. The number of esters is 1. The summed E-state index contributed by atoms with van der Waals surface area (Å²) in [5.41, 5.74) is -0.522. The maximum absolute atomic E-state index is 11.2. The smallest absolute Gasteiger partial charge is 0.407 e. The van der Waals surface area contributed by atoms with Gasteiger partial charge in [0.05, 0.1) is 13.0 Å². The zero-order valence-electron chi connectivity index (χ0n) is 11.2. The second-order valence-corrected chi connectivity index (χ2v) is 4.75. The van der Waals surface area contributed by atoms with Gasteiger partial charge in [0.1, 0.15) is 5.60 Å². The summed E-state index contributed by atoms with van der Waals surface area (Å²) in [7, 11) is 0. The normalized spacial score (nSPS) is 10.8. The maximum atomic E-state index is 11.2. The van der Waals surface area contributed by atoms with Crippen molar-refractivity contribution in [1.82, 2.24) is 5.32 Å². The lowest BCUT2D eigenvalue weighted by Gasteiger charge is -2.19. The molecule has 0 spiro atoms. The van der Waals surface area contributed by atoms with Crippen LogP contribution in [-0.2, 0) is 14.3 Å². The molecule has 0 aliphatic carbocycles. The van der Waals surface area contributed by atoms with Crippen LogP contribution in [0.5, 0.6) is 0 Å². The van der Waals surface area contributed by atoms with Gasteiger partial charge < -0.3 is 14.8 Å². The molecule has 0 aliphatic rings. The van der Waals surface area contributed by atoms with E-state index in [9.17, 15) is 9.59 Å². The number of rotatable bonds is 6. The van der Waals surface area contributed by atoms with Crippen molar-refractivity contribution in [2.24, 2.45) is 0 Å². The minimum absolute atomic E-state index is 0.170. The van der Waals surface area contributed by atoms with Crippen LogP contribution in [0.4, 0.5) is 4.79 Å². The minimum Gasteiger partial charge on any atom is -0.466 e. The molecule has 0 atom stereocenters. The van der Waals surface area contributed by atoms with Gasteiger partial charge in [0.15, 0.2) is 0 Å². The Bertz CT molecular complexity index is 245. The van der Waals surface area contributed by atoms with Crippen molar-refractivity contribution in [3.8, 4) is 0 Å². The fraction of sp³-hybridized carbons (Fsp3) is 0.833. The summed E-state index contributed by atoms with van der Waals surface area (Å²) in [5, 5.41) is 2.50. The average molecular weight is 245 g/mol. The Morgan fingerprint density at radius 1 is 1.24 bits per heavy atom. The molecule has 17 heavy (non-hydrogen) atoms. The fourth-order valence-electron chi connectivity index (χ4n) is 0.983. The summed E-state index contributed by atoms with van der Waals surface area (Å²) in [6.07, 6.45) is 1.51. The van der Waals surface area contributed by atoms with Crippen LogP contribution in [0.15, 0.2) is 0 Å². The number of hydrogen-bond donors (Lipinski definition) is 1. The highest BCUT2D eigenvalue weighted by atomic mass is 16.6. The number of hydrogen-bond acceptors (Lipinski definition) is 4. The maximum Gasteiger partial charge on any atom is 0.407 e. The van der Waals surface area contributed by atoms with E-state index in [2.05, 4.69) is 5.32 Å². The van der Waals surface area contributed by atoms with Gasteiger partial charge in [-0.05, 0) is 27.2 Å². The van der Waals surface area contributed by atoms with E-state index >= 15 is 0 Å². The van der Waals surface area contributed by atoms with Gasteiger partial charge in [-0.2, -0.15) is 0 Å². The predicted octanol–water partition coefficient (Wildman–Crippen LogP) is 2.24. The Morgan fingerprint density at radius 2 is 1.88 bits per heavy atom. The van der Waals surface area contributed by atoms with E-state index in [1.165, 1.54) is 0 Å². The predicted molar refractivity (Wildman–Crippen MR) is 64.7 cm³/mol. The second-order valence-electron chi connectivity index (χ2n) is 4.75. The number of unbranched alkanes of at least 4 members (excludes halogenated alkanes) is 1. The summed E-state index contributed by atoms with van der Waals surface area (Å²) < 4.78 is 9.95. The van der Waals surface area contributed by atoms with Crippen LogP contribution in [0.3, 0.4) is 0 Å². The van der Waals surface area contributed by atoms with Gasteiger partial charge in [-0.25, -0.2) is 4.79 Å². The van der Waals surface area contributed by atoms with Gasteiger partial charge in [0.2, 0.25) is 0 Å². The average Bonchev–Trinajstić information content (AvgIpc) is 2.15. The zero-order valence-corrected chi connectivity index (χ0v) is 11.2. The van der Waals surface area contributed by atoms with E-state index in [0.717, 1.165) is 12.8 Å².